The van der Waals surface area contributed by atoms with E-state index in [4.69, 9.17) is 4.74 Å². The lowest BCUT2D eigenvalue weighted by atomic mass is 10.2. The number of nitrogens with zero attached hydrogens (tertiary/aromatic N) is 4. The molecule has 0 unspecified atom stereocenters. The van der Waals surface area contributed by atoms with Crippen LogP contribution in [0.3, 0.4) is 0 Å². The minimum Gasteiger partial charge on any atom is -0.490 e. The zero-order valence-corrected chi connectivity index (χ0v) is 13.4. The molecule has 1 fully saturated rings. The number of amides is 1. The van der Waals surface area contributed by atoms with Gasteiger partial charge in [0.25, 0.3) is 5.91 Å². The Kier molecular flexibility index (Phi) is 4.02. The molecule has 0 radical (unpaired) electrons. The van der Waals surface area contributed by atoms with Crippen LogP contribution in [0.25, 0.3) is 5.65 Å². The van der Waals surface area contributed by atoms with Gasteiger partial charge in [-0.15, -0.1) is 0 Å². The number of imidazole rings is 1. The number of hydrogen-bond acceptors (Lipinski definition) is 4. The van der Waals surface area contributed by atoms with Gasteiger partial charge in [0.2, 0.25) is 0 Å². The summed E-state index contributed by atoms with van der Waals surface area (Å²) in [6.07, 6.45) is 1.88. The lowest BCUT2D eigenvalue weighted by Gasteiger charge is -2.32. The number of hydrogen-bond donors (Lipinski definition) is 0. The lowest BCUT2D eigenvalue weighted by Crippen LogP contribution is -2.47. The fraction of sp³-hybridized carbons (Fsp3) is 0.500. The van der Waals surface area contributed by atoms with Gasteiger partial charge in [-0.05, 0) is 33.0 Å². The predicted octanol–water partition coefficient (Wildman–Crippen LogP) is 1.43. The molecule has 22 heavy (non-hydrogen) atoms. The first-order chi connectivity index (χ1) is 10.6. The number of rotatable bonds is 3. The van der Waals surface area contributed by atoms with Crippen molar-refractivity contribution in [1.82, 2.24) is 19.2 Å². The number of likely N-dealkylation sites (N-methyl/N-ethyl adjacent to an activating group) is 1. The average Bonchev–Trinajstić information content (AvgIpc) is 2.85. The Morgan fingerprint density at radius 2 is 2.05 bits per heavy atom. The molecule has 3 rings (SSSR count). The van der Waals surface area contributed by atoms with Crippen molar-refractivity contribution in [3.8, 4) is 5.75 Å². The molecule has 3 heterocycles. The smallest absolute Gasteiger partial charge is 0.272 e. The summed E-state index contributed by atoms with van der Waals surface area (Å²) < 4.78 is 7.46. The number of carbonyl (C=O) groups is 1. The normalized spacial score (nSPS) is 16.2. The summed E-state index contributed by atoms with van der Waals surface area (Å²) >= 11 is 0. The van der Waals surface area contributed by atoms with Gasteiger partial charge in [0, 0.05) is 32.4 Å². The first kappa shape index (κ1) is 14.8. The van der Waals surface area contributed by atoms with Crippen molar-refractivity contribution in [2.45, 2.75) is 13.8 Å². The van der Waals surface area contributed by atoms with Crippen molar-refractivity contribution in [2.75, 3.05) is 39.8 Å². The summed E-state index contributed by atoms with van der Waals surface area (Å²) in [5, 5.41) is 0. The maximum absolute atomic E-state index is 12.9. The number of aromatic nitrogens is 2. The molecule has 1 amide bonds. The van der Waals surface area contributed by atoms with Crippen molar-refractivity contribution in [1.29, 1.82) is 0 Å². The fourth-order valence-corrected chi connectivity index (χ4v) is 2.84. The highest BCUT2D eigenvalue weighted by atomic mass is 16.5. The molecule has 0 spiro atoms. The van der Waals surface area contributed by atoms with E-state index in [2.05, 4.69) is 16.9 Å². The Labute approximate surface area is 130 Å². The van der Waals surface area contributed by atoms with Crippen LogP contribution in [-0.2, 0) is 0 Å². The van der Waals surface area contributed by atoms with Gasteiger partial charge >= 0.3 is 0 Å². The number of aryl methyl sites for hydroxylation is 1. The molecule has 6 heteroatoms. The predicted molar refractivity (Wildman–Crippen MR) is 84.5 cm³/mol. The van der Waals surface area contributed by atoms with E-state index in [0.717, 1.165) is 31.9 Å². The first-order valence-corrected chi connectivity index (χ1v) is 7.70. The topological polar surface area (TPSA) is 50.1 Å². The number of piperazine rings is 1. The second-order valence-corrected chi connectivity index (χ2v) is 5.64. The van der Waals surface area contributed by atoms with Crippen LogP contribution in [0.4, 0.5) is 0 Å². The highest BCUT2D eigenvalue weighted by Gasteiger charge is 2.25. The van der Waals surface area contributed by atoms with Crippen molar-refractivity contribution in [2.24, 2.45) is 0 Å². The van der Waals surface area contributed by atoms with Gasteiger partial charge in [0.05, 0.1) is 12.3 Å². The molecule has 118 valence electrons. The van der Waals surface area contributed by atoms with Gasteiger partial charge in [-0.3, -0.25) is 9.20 Å². The molecule has 6 nitrogen and oxygen atoms in total. The summed E-state index contributed by atoms with van der Waals surface area (Å²) in [5.41, 5.74) is 2.09. The highest BCUT2D eigenvalue weighted by molar-refractivity contribution is 5.95. The van der Waals surface area contributed by atoms with Gasteiger partial charge in [-0.1, -0.05) is 0 Å². The second kappa shape index (κ2) is 5.96. The average molecular weight is 302 g/mol. The number of fused-ring (bicyclic) bond motifs is 1. The van der Waals surface area contributed by atoms with Crippen molar-refractivity contribution in [3.05, 3.63) is 29.7 Å². The standard InChI is InChI=1S/C16H22N4O2/c1-4-22-13-6-5-7-20-14(12(2)17-15(13)20)16(21)19-10-8-18(3)9-11-19/h5-7H,4,8-11H2,1-3H3. The minimum absolute atomic E-state index is 0.0479. The third-order valence-corrected chi connectivity index (χ3v) is 4.08. The van der Waals surface area contributed by atoms with Crippen LogP contribution in [0.15, 0.2) is 18.3 Å². The Morgan fingerprint density at radius 3 is 2.73 bits per heavy atom. The van der Waals surface area contributed by atoms with Crippen molar-refractivity contribution < 1.29 is 9.53 Å². The van der Waals surface area contributed by atoms with E-state index in [0.29, 0.717) is 23.7 Å². The molecular weight excluding hydrogens is 280 g/mol. The maximum atomic E-state index is 12.9. The quantitative estimate of drug-likeness (QED) is 0.860. The van der Waals surface area contributed by atoms with Crippen molar-refractivity contribution >= 4 is 11.6 Å². The molecule has 1 aliphatic heterocycles. The molecule has 0 aliphatic carbocycles. The van der Waals surface area contributed by atoms with Crippen LogP contribution in [0, 0.1) is 6.92 Å². The maximum Gasteiger partial charge on any atom is 0.272 e. The Morgan fingerprint density at radius 1 is 1.32 bits per heavy atom. The van der Waals surface area contributed by atoms with Gasteiger partial charge in [-0.25, -0.2) is 4.98 Å². The largest absolute Gasteiger partial charge is 0.490 e. The van der Waals surface area contributed by atoms with E-state index in [1.807, 2.05) is 41.5 Å². The Balaban J connectivity index is 1.98. The monoisotopic (exact) mass is 302 g/mol. The number of pyridine rings is 1. The Bertz CT molecular complexity index is 687. The number of ether oxygens (including phenoxy) is 1. The van der Waals surface area contributed by atoms with Crippen LogP contribution in [-0.4, -0.2) is 64.9 Å². The summed E-state index contributed by atoms with van der Waals surface area (Å²) in [6.45, 7) is 7.73. The summed E-state index contributed by atoms with van der Waals surface area (Å²) in [7, 11) is 2.08. The van der Waals surface area contributed by atoms with Crippen LogP contribution in [0.5, 0.6) is 5.75 Å². The van der Waals surface area contributed by atoms with Gasteiger partial charge in [0.1, 0.15) is 5.69 Å². The van der Waals surface area contributed by atoms with Gasteiger partial charge < -0.3 is 14.5 Å². The zero-order valence-electron chi connectivity index (χ0n) is 13.4. The minimum atomic E-state index is 0.0479. The molecule has 0 bridgehead atoms. The van der Waals surface area contributed by atoms with Gasteiger partial charge in [0.15, 0.2) is 11.4 Å². The summed E-state index contributed by atoms with van der Waals surface area (Å²) in [4.78, 5) is 21.6. The van der Waals surface area contributed by atoms with Crippen LogP contribution < -0.4 is 4.74 Å². The second-order valence-electron chi connectivity index (χ2n) is 5.64. The van der Waals surface area contributed by atoms with E-state index in [1.165, 1.54) is 0 Å². The molecule has 0 saturated carbocycles. The van der Waals surface area contributed by atoms with Crippen LogP contribution in [0.2, 0.25) is 0 Å². The molecule has 1 saturated heterocycles. The molecule has 2 aromatic rings. The molecule has 0 atom stereocenters. The van der Waals surface area contributed by atoms with Crippen LogP contribution in [0.1, 0.15) is 23.1 Å². The van der Waals surface area contributed by atoms with Crippen molar-refractivity contribution in [3.63, 3.8) is 0 Å². The van der Waals surface area contributed by atoms with E-state index in [1.54, 1.807) is 0 Å². The molecular formula is C16H22N4O2. The SMILES string of the molecule is CCOc1cccn2c(C(=O)N3CCN(C)CC3)c(C)nc12. The lowest BCUT2D eigenvalue weighted by molar-refractivity contribution is 0.0656. The summed E-state index contributed by atoms with van der Waals surface area (Å²) in [6, 6.07) is 3.77. The van der Waals surface area contributed by atoms with E-state index in [-0.39, 0.29) is 5.91 Å². The Hall–Kier alpha value is -2.08. The third-order valence-electron chi connectivity index (χ3n) is 4.08. The summed E-state index contributed by atoms with van der Waals surface area (Å²) in [5.74, 6) is 0.761. The van der Waals surface area contributed by atoms with E-state index in [9.17, 15) is 4.79 Å². The molecule has 1 aliphatic rings. The molecule has 0 N–H and O–H groups in total. The highest BCUT2D eigenvalue weighted by Crippen LogP contribution is 2.23. The van der Waals surface area contributed by atoms with E-state index < -0.39 is 0 Å². The third kappa shape index (κ3) is 2.54. The molecule has 0 aromatic carbocycles. The fourth-order valence-electron chi connectivity index (χ4n) is 2.84. The number of carbonyl (C=O) groups excluding carboxylic acids is 1. The zero-order chi connectivity index (χ0) is 15.7. The van der Waals surface area contributed by atoms with Crippen LogP contribution >= 0.6 is 0 Å². The van der Waals surface area contributed by atoms with E-state index >= 15 is 0 Å². The van der Waals surface area contributed by atoms with Gasteiger partial charge in [-0.2, -0.15) is 0 Å². The first-order valence-electron chi connectivity index (χ1n) is 7.70. The molecule has 2 aromatic heterocycles.